The zero-order chi connectivity index (χ0) is 12.5. The summed E-state index contributed by atoms with van der Waals surface area (Å²) in [6, 6.07) is 2.57. The summed E-state index contributed by atoms with van der Waals surface area (Å²) in [7, 11) is 1.88. The molecule has 2 aliphatic rings. The summed E-state index contributed by atoms with van der Waals surface area (Å²) in [6.07, 6.45) is 2.58. The zero-order valence-corrected chi connectivity index (χ0v) is 11.0. The molecule has 3 heterocycles. The molecule has 3 rings (SSSR count). The number of aryl methyl sites for hydroxylation is 1. The van der Waals surface area contributed by atoms with Crippen LogP contribution < -0.4 is 5.32 Å². The van der Waals surface area contributed by atoms with Crippen LogP contribution in [0.15, 0.2) is 6.07 Å². The number of hydrogen-bond acceptors (Lipinski definition) is 5. The first-order chi connectivity index (χ1) is 8.76. The van der Waals surface area contributed by atoms with Gasteiger partial charge in [0.2, 0.25) is 0 Å². The molecular formula is C13H20N4O. The van der Waals surface area contributed by atoms with E-state index in [9.17, 15) is 0 Å². The summed E-state index contributed by atoms with van der Waals surface area (Å²) >= 11 is 0. The van der Waals surface area contributed by atoms with E-state index in [1.165, 1.54) is 19.4 Å². The Kier molecular flexibility index (Phi) is 3.18. The van der Waals surface area contributed by atoms with Crippen LogP contribution in [0, 0.1) is 6.92 Å². The highest BCUT2D eigenvalue weighted by Crippen LogP contribution is 2.29. The lowest BCUT2D eigenvalue weighted by atomic mass is 10.2. The van der Waals surface area contributed by atoms with Gasteiger partial charge in [0.15, 0.2) is 5.82 Å². The average molecular weight is 248 g/mol. The summed E-state index contributed by atoms with van der Waals surface area (Å²) in [6.45, 7) is 4.93. The van der Waals surface area contributed by atoms with Gasteiger partial charge in [-0.1, -0.05) is 0 Å². The third-order valence-corrected chi connectivity index (χ3v) is 3.80. The highest BCUT2D eigenvalue weighted by molar-refractivity contribution is 5.35. The molecular weight excluding hydrogens is 228 g/mol. The molecule has 0 aliphatic carbocycles. The predicted octanol–water partition coefficient (Wildman–Crippen LogP) is 1.36. The predicted molar refractivity (Wildman–Crippen MR) is 69.6 cm³/mol. The Balaban J connectivity index is 1.80. The van der Waals surface area contributed by atoms with Crippen molar-refractivity contribution in [3.8, 4) is 0 Å². The van der Waals surface area contributed by atoms with Crippen molar-refractivity contribution in [3.63, 3.8) is 0 Å². The Hall–Kier alpha value is -1.20. The van der Waals surface area contributed by atoms with Gasteiger partial charge in [-0.05, 0) is 26.3 Å². The van der Waals surface area contributed by atoms with Crippen molar-refractivity contribution in [2.24, 2.45) is 0 Å². The molecule has 2 fully saturated rings. The number of fused-ring (bicyclic) bond motifs is 1. The molecule has 2 aliphatic heterocycles. The van der Waals surface area contributed by atoms with Gasteiger partial charge in [0, 0.05) is 31.4 Å². The van der Waals surface area contributed by atoms with E-state index in [1.807, 2.05) is 20.0 Å². The molecule has 0 saturated carbocycles. The van der Waals surface area contributed by atoms with Gasteiger partial charge >= 0.3 is 0 Å². The molecule has 18 heavy (non-hydrogen) atoms. The van der Waals surface area contributed by atoms with Crippen LogP contribution in [-0.2, 0) is 4.74 Å². The first-order valence-electron chi connectivity index (χ1n) is 6.65. The molecule has 0 radical (unpaired) electrons. The topological polar surface area (TPSA) is 50.3 Å². The minimum atomic E-state index is 0.0198. The summed E-state index contributed by atoms with van der Waals surface area (Å²) in [5, 5.41) is 3.07. The van der Waals surface area contributed by atoms with E-state index in [2.05, 4.69) is 20.2 Å². The molecule has 2 saturated heterocycles. The fourth-order valence-corrected chi connectivity index (χ4v) is 2.84. The molecule has 0 aromatic carbocycles. The minimum Gasteiger partial charge on any atom is -0.373 e. The van der Waals surface area contributed by atoms with Gasteiger partial charge in [0.25, 0.3) is 0 Å². The summed E-state index contributed by atoms with van der Waals surface area (Å²) in [5.74, 6) is 1.68. The molecule has 1 N–H and O–H groups in total. The fraction of sp³-hybridized carbons (Fsp3) is 0.692. The van der Waals surface area contributed by atoms with Gasteiger partial charge in [0.05, 0.1) is 6.61 Å². The molecule has 0 bridgehead atoms. The van der Waals surface area contributed by atoms with E-state index in [4.69, 9.17) is 4.74 Å². The lowest BCUT2D eigenvalue weighted by Crippen LogP contribution is -2.42. The average Bonchev–Trinajstić information content (AvgIpc) is 2.85. The Morgan fingerprint density at radius 3 is 3.17 bits per heavy atom. The second-order valence-electron chi connectivity index (χ2n) is 5.12. The number of hydrogen-bond donors (Lipinski definition) is 1. The second kappa shape index (κ2) is 4.82. The first kappa shape index (κ1) is 11.9. The Labute approximate surface area is 108 Å². The van der Waals surface area contributed by atoms with E-state index in [0.717, 1.165) is 30.5 Å². The van der Waals surface area contributed by atoms with Gasteiger partial charge < -0.3 is 10.1 Å². The molecule has 5 nitrogen and oxygen atoms in total. The number of morpholine rings is 1. The smallest absolute Gasteiger partial charge is 0.161 e. The van der Waals surface area contributed by atoms with E-state index in [-0.39, 0.29) is 6.10 Å². The minimum absolute atomic E-state index is 0.0198. The van der Waals surface area contributed by atoms with Crippen LogP contribution in [0.3, 0.4) is 0 Å². The highest BCUT2D eigenvalue weighted by Gasteiger charge is 2.34. The van der Waals surface area contributed by atoms with Crippen LogP contribution in [0.1, 0.15) is 30.5 Å². The molecule has 5 heteroatoms. The zero-order valence-electron chi connectivity index (χ0n) is 11.0. The molecule has 0 spiro atoms. The van der Waals surface area contributed by atoms with Crippen LogP contribution >= 0.6 is 0 Å². The number of anilines is 1. The molecule has 2 unspecified atom stereocenters. The van der Waals surface area contributed by atoms with Gasteiger partial charge in [-0.15, -0.1) is 0 Å². The Morgan fingerprint density at radius 2 is 2.33 bits per heavy atom. The maximum atomic E-state index is 5.94. The van der Waals surface area contributed by atoms with Crippen LogP contribution in [0.5, 0.6) is 0 Å². The van der Waals surface area contributed by atoms with E-state index < -0.39 is 0 Å². The fourth-order valence-electron chi connectivity index (χ4n) is 2.84. The number of nitrogens with one attached hydrogen (secondary N) is 1. The lowest BCUT2D eigenvalue weighted by Gasteiger charge is -2.34. The molecule has 1 aromatic rings. The van der Waals surface area contributed by atoms with E-state index in [0.29, 0.717) is 6.04 Å². The number of ether oxygens (including phenoxy) is 1. The lowest BCUT2D eigenvalue weighted by molar-refractivity contribution is -0.0541. The van der Waals surface area contributed by atoms with Crippen molar-refractivity contribution in [2.75, 3.05) is 32.1 Å². The van der Waals surface area contributed by atoms with Crippen molar-refractivity contribution in [3.05, 3.63) is 17.6 Å². The second-order valence-corrected chi connectivity index (χ2v) is 5.12. The Morgan fingerprint density at radius 1 is 1.44 bits per heavy atom. The third kappa shape index (κ3) is 2.20. The van der Waals surface area contributed by atoms with Crippen molar-refractivity contribution in [2.45, 2.75) is 31.9 Å². The standard InChI is InChI=1S/C13H20N4O/c1-9-6-12(14-2)16-13(15-9)11-7-17-5-3-4-10(17)8-18-11/h6,10-11H,3-5,7-8H2,1-2H3,(H,14,15,16). The SMILES string of the molecule is CNc1cc(C)nc(C2CN3CCCC3CO2)n1. The molecule has 0 amide bonds. The largest absolute Gasteiger partial charge is 0.373 e. The van der Waals surface area contributed by atoms with Gasteiger partial charge in [-0.25, -0.2) is 9.97 Å². The van der Waals surface area contributed by atoms with Crippen molar-refractivity contribution < 1.29 is 4.74 Å². The van der Waals surface area contributed by atoms with Crippen molar-refractivity contribution >= 4 is 5.82 Å². The first-order valence-corrected chi connectivity index (χ1v) is 6.65. The quantitative estimate of drug-likeness (QED) is 0.856. The maximum absolute atomic E-state index is 5.94. The molecule has 2 atom stereocenters. The molecule has 98 valence electrons. The monoisotopic (exact) mass is 248 g/mol. The van der Waals surface area contributed by atoms with Gasteiger partial charge in [-0.2, -0.15) is 0 Å². The van der Waals surface area contributed by atoms with Crippen LogP contribution in [-0.4, -0.2) is 47.7 Å². The number of rotatable bonds is 2. The molecule has 1 aromatic heterocycles. The maximum Gasteiger partial charge on any atom is 0.161 e. The van der Waals surface area contributed by atoms with Gasteiger partial charge in [0.1, 0.15) is 11.9 Å². The summed E-state index contributed by atoms with van der Waals surface area (Å²) in [5.41, 5.74) is 0.983. The van der Waals surface area contributed by atoms with Crippen molar-refractivity contribution in [1.29, 1.82) is 0 Å². The third-order valence-electron chi connectivity index (χ3n) is 3.80. The highest BCUT2D eigenvalue weighted by atomic mass is 16.5. The van der Waals surface area contributed by atoms with Crippen LogP contribution in [0.2, 0.25) is 0 Å². The van der Waals surface area contributed by atoms with E-state index >= 15 is 0 Å². The number of nitrogens with zero attached hydrogens (tertiary/aromatic N) is 3. The Bertz CT molecular complexity index is 437. The van der Waals surface area contributed by atoms with Crippen molar-refractivity contribution in [1.82, 2.24) is 14.9 Å². The van der Waals surface area contributed by atoms with E-state index in [1.54, 1.807) is 0 Å². The van der Waals surface area contributed by atoms with Gasteiger partial charge in [-0.3, -0.25) is 4.90 Å². The van der Waals surface area contributed by atoms with Crippen LogP contribution in [0.4, 0.5) is 5.82 Å². The summed E-state index contributed by atoms with van der Waals surface area (Å²) in [4.78, 5) is 11.5. The normalized spacial score (nSPS) is 28.1. The summed E-state index contributed by atoms with van der Waals surface area (Å²) < 4.78 is 5.94. The van der Waals surface area contributed by atoms with Crippen LogP contribution in [0.25, 0.3) is 0 Å². The number of aromatic nitrogens is 2.